The van der Waals surface area contributed by atoms with Gasteiger partial charge in [0, 0.05) is 17.8 Å². The number of aryl methyl sites for hydroxylation is 1. The number of rotatable bonds is 4. The van der Waals surface area contributed by atoms with Gasteiger partial charge in [0.05, 0.1) is 17.2 Å². The average molecular weight is 299 g/mol. The second-order valence-corrected chi connectivity index (χ2v) is 6.07. The van der Waals surface area contributed by atoms with E-state index in [2.05, 4.69) is 27.5 Å². The summed E-state index contributed by atoms with van der Waals surface area (Å²) in [6, 6.07) is 3.83. The van der Waals surface area contributed by atoms with Gasteiger partial charge in [-0.2, -0.15) is 0 Å². The molecule has 3 nitrogen and oxygen atoms in total. The van der Waals surface area contributed by atoms with Gasteiger partial charge in [-0.25, -0.2) is 4.39 Å². The first-order valence-electron chi connectivity index (χ1n) is 7.93. The second-order valence-electron chi connectivity index (χ2n) is 6.07. The number of halogens is 1. The smallest absolute Gasteiger partial charge is 0.146 e. The lowest BCUT2D eigenvalue weighted by Gasteiger charge is -2.30. The fourth-order valence-electron chi connectivity index (χ4n) is 3.11. The van der Waals surface area contributed by atoms with Crippen LogP contribution in [-0.4, -0.2) is 34.5 Å². The van der Waals surface area contributed by atoms with Gasteiger partial charge in [-0.15, -0.1) is 6.58 Å². The quantitative estimate of drug-likeness (QED) is 0.809. The Hall–Kier alpha value is -1.81. The maximum Gasteiger partial charge on any atom is 0.146 e. The third-order valence-corrected chi connectivity index (χ3v) is 4.55. The highest BCUT2D eigenvalue weighted by molar-refractivity contribution is 5.77. The molecule has 22 heavy (non-hydrogen) atoms. The van der Waals surface area contributed by atoms with Crippen molar-refractivity contribution < 1.29 is 4.39 Å². The number of fused-ring (bicyclic) bond motifs is 1. The van der Waals surface area contributed by atoms with Crippen molar-refractivity contribution in [3.05, 3.63) is 48.1 Å². The first-order valence-corrected chi connectivity index (χ1v) is 7.93. The summed E-state index contributed by atoms with van der Waals surface area (Å²) in [7, 11) is 0. The molecular formula is C18H22FN3. The van der Waals surface area contributed by atoms with Crippen molar-refractivity contribution in [1.82, 2.24) is 14.9 Å². The molecule has 3 heterocycles. The number of pyridine rings is 2. The summed E-state index contributed by atoms with van der Waals surface area (Å²) in [5.74, 6) is 0.394. The van der Waals surface area contributed by atoms with Gasteiger partial charge in [-0.1, -0.05) is 6.08 Å². The highest BCUT2D eigenvalue weighted by Gasteiger charge is 2.18. The van der Waals surface area contributed by atoms with Crippen LogP contribution >= 0.6 is 0 Å². The van der Waals surface area contributed by atoms with Crippen LogP contribution in [-0.2, 0) is 6.42 Å². The van der Waals surface area contributed by atoms with Gasteiger partial charge >= 0.3 is 0 Å². The van der Waals surface area contributed by atoms with Crippen molar-refractivity contribution in [2.75, 3.05) is 19.6 Å². The lowest BCUT2D eigenvalue weighted by molar-refractivity contribution is 0.205. The van der Waals surface area contributed by atoms with Gasteiger partial charge in [0.25, 0.3) is 0 Å². The van der Waals surface area contributed by atoms with Crippen molar-refractivity contribution >= 4 is 11.0 Å². The highest BCUT2D eigenvalue weighted by Crippen LogP contribution is 2.21. The van der Waals surface area contributed by atoms with Crippen LogP contribution in [0, 0.1) is 18.7 Å². The molecule has 1 saturated heterocycles. The zero-order chi connectivity index (χ0) is 15.5. The van der Waals surface area contributed by atoms with E-state index >= 15 is 0 Å². The molecule has 0 atom stereocenters. The minimum absolute atomic E-state index is 0.244. The summed E-state index contributed by atoms with van der Waals surface area (Å²) in [4.78, 5) is 11.0. The Balaban J connectivity index is 1.75. The first-order chi connectivity index (χ1) is 10.7. The van der Waals surface area contributed by atoms with Gasteiger partial charge in [-0.3, -0.25) is 9.97 Å². The molecule has 2 aromatic rings. The van der Waals surface area contributed by atoms with Crippen LogP contribution in [0.1, 0.15) is 24.1 Å². The highest BCUT2D eigenvalue weighted by atomic mass is 19.1. The number of hydrogen-bond donors (Lipinski definition) is 0. The van der Waals surface area contributed by atoms with E-state index in [0.29, 0.717) is 23.4 Å². The van der Waals surface area contributed by atoms with Crippen LogP contribution in [0.5, 0.6) is 0 Å². The largest absolute Gasteiger partial charge is 0.303 e. The average Bonchev–Trinajstić information content (AvgIpc) is 2.54. The fraction of sp³-hybridized carbons (Fsp3) is 0.444. The third-order valence-electron chi connectivity index (χ3n) is 4.55. The van der Waals surface area contributed by atoms with Gasteiger partial charge in [-0.05, 0) is 57.3 Å². The molecule has 0 saturated carbocycles. The molecule has 0 spiro atoms. The zero-order valence-corrected chi connectivity index (χ0v) is 13.1. The lowest BCUT2D eigenvalue weighted by Crippen LogP contribution is -2.34. The Morgan fingerprint density at radius 1 is 1.36 bits per heavy atom. The molecule has 0 bridgehead atoms. The van der Waals surface area contributed by atoms with Crippen LogP contribution in [0.2, 0.25) is 0 Å². The van der Waals surface area contributed by atoms with E-state index in [1.54, 1.807) is 0 Å². The van der Waals surface area contributed by atoms with E-state index in [4.69, 9.17) is 0 Å². The predicted molar refractivity (Wildman–Crippen MR) is 87.3 cm³/mol. The Morgan fingerprint density at radius 2 is 2.14 bits per heavy atom. The molecule has 3 rings (SSSR count). The SMILES string of the molecule is C=CC1CCN(CCc2c(F)cnc3ccc(C)nc23)CC1. The molecule has 4 heteroatoms. The summed E-state index contributed by atoms with van der Waals surface area (Å²) in [5, 5.41) is 0. The number of likely N-dealkylation sites (tertiary alicyclic amines) is 1. The summed E-state index contributed by atoms with van der Waals surface area (Å²) in [6.45, 7) is 8.80. The summed E-state index contributed by atoms with van der Waals surface area (Å²) in [6.07, 6.45) is 6.36. The van der Waals surface area contributed by atoms with Crippen LogP contribution in [0.25, 0.3) is 11.0 Å². The molecule has 0 amide bonds. The molecule has 1 aliphatic rings. The maximum absolute atomic E-state index is 14.2. The topological polar surface area (TPSA) is 29.0 Å². The Morgan fingerprint density at radius 3 is 2.86 bits per heavy atom. The Bertz CT molecular complexity index is 670. The van der Waals surface area contributed by atoms with Crippen LogP contribution in [0.4, 0.5) is 4.39 Å². The second kappa shape index (κ2) is 6.53. The monoisotopic (exact) mass is 299 g/mol. The molecule has 0 radical (unpaired) electrons. The normalized spacial score (nSPS) is 17.0. The minimum Gasteiger partial charge on any atom is -0.303 e. The summed E-state index contributed by atoms with van der Waals surface area (Å²) < 4.78 is 14.2. The first kappa shape index (κ1) is 15.1. The molecule has 1 fully saturated rings. The van der Waals surface area contributed by atoms with E-state index in [1.807, 2.05) is 19.1 Å². The fourth-order valence-corrected chi connectivity index (χ4v) is 3.11. The van der Waals surface area contributed by atoms with Crippen molar-refractivity contribution in [2.45, 2.75) is 26.2 Å². The van der Waals surface area contributed by atoms with E-state index in [1.165, 1.54) is 6.20 Å². The van der Waals surface area contributed by atoms with Gasteiger partial charge in [0.2, 0.25) is 0 Å². The Kier molecular flexibility index (Phi) is 4.48. The Labute approximate surface area is 130 Å². The van der Waals surface area contributed by atoms with Crippen molar-refractivity contribution in [3.63, 3.8) is 0 Å². The van der Waals surface area contributed by atoms with Gasteiger partial charge in [0.15, 0.2) is 0 Å². The van der Waals surface area contributed by atoms with Gasteiger partial charge in [0.1, 0.15) is 5.82 Å². The van der Waals surface area contributed by atoms with Gasteiger partial charge < -0.3 is 4.90 Å². The van der Waals surface area contributed by atoms with Crippen LogP contribution in [0.3, 0.4) is 0 Å². The van der Waals surface area contributed by atoms with Crippen LogP contribution in [0.15, 0.2) is 31.0 Å². The molecule has 0 aromatic carbocycles. The number of piperidine rings is 1. The molecule has 2 aromatic heterocycles. The number of nitrogens with zero attached hydrogens (tertiary/aromatic N) is 3. The standard InChI is InChI=1S/C18H22FN3/c1-3-14-6-9-22(10-7-14)11-8-15-16(19)12-20-17-5-4-13(2)21-18(15)17/h3-5,12,14H,1,6-11H2,2H3. The number of hydrogen-bond acceptors (Lipinski definition) is 3. The van der Waals surface area contributed by atoms with E-state index in [9.17, 15) is 4.39 Å². The van der Waals surface area contributed by atoms with E-state index in [-0.39, 0.29) is 5.82 Å². The predicted octanol–water partition coefficient (Wildman–Crippen LogP) is 3.52. The lowest BCUT2D eigenvalue weighted by atomic mass is 9.97. The molecule has 1 aliphatic heterocycles. The molecular weight excluding hydrogens is 277 g/mol. The van der Waals surface area contributed by atoms with E-state index in [0.717, 1.165) is 43.7 Å². The summed E-state index contributed by atoms with van der Waals surface area (Å²) >= 11 is 0. The van der Waals surface area contributed by atoms with E-state index < -0.39 is 0 Å². The van der Waals surface area contributed by atoms with Crippen LogP contribution < -0.4 is 0 Å². The van der Waals surface area contributed by atoms with Crippen molar-refractivity contribution in [1.29, 1.82) is 0 Å². The molecule has 116 valence electrons. The van der Waals surface area contributed by atoms with Crippen molar-refractivity contribution in [3.8, 4) is 0 Å². The number of allylic oxidation sites excluding steroid dienone is 1. The molecule has 0 unspecified atom stereocenters. The zero-order valence-electron chi connectivity index (χ0n) is 13.1. The summed E-state index contributed by atoms with van der Waals surface area (Å²) in [5.41, 5.74) is 3.07. The van der Waals surface area contributed by atoms with Crippen molar-refractivity contribution in [2.24, 2.45) is 5.92 Å². The molecule has 0 aliphatic carbocycles. The molecule has 0 N–H and O–H groups in total. The number of aromatic nitrogens is 2. The third kappa shape index (κ3) is 3.17. The minimum atomic E-state index is -0.244. The maximum atomic E-state index is 14.2.